The Balaban J connectivity index is 1.50. The van der Waals surface area contributed by atoms with Crippen LogP contribution >= 0.6 is 0 Å². The third kappa shape index (κ3) is 6.67. The molecular formula is C26H27N3O4. The Bertz CT molecular complexity index is 1120. The van der Waals surface area contributed by atoms with Crippen LogP contribution < -0.4 is 20.7 Å². The SMILES string of the molecule is COc1ccccc1C(=O)NCCC(=O)NC(C)c1cccc(NC(=O)c2ccccc2)c1. The van der Waals surface area contributed by atoms with E-state index in [2.05, 4.69) is 16.0 Å². The van der Waals surface area contributed by atoms with E-state index < -0.39 is 0 Å². The Labute approximate surface area is 193 Å². The summed E-state index contributed by atoms with van der Waals surface area (Å²) in [4.78, 5) is 37.0. The van der Waals surface area contributed by atoms with Crippen LogP contribution in [0.3, 0.4) is 0 Å². The molecule has 0 fully saturated rings. The van der Waals surface area contributed by atoms with Crippen LogP contribution in [-0.2, 0) is 4.79 Å². The maximum absolute atomic E-state index is 12.4. The molecule has 0 saturated carbocycles. The summed E-state index contributed by atoms with van der Waals surface area (Å²) >= 11 is 0. The number of nitrogens with one attached hydrogen (secondary N) is 3. The van der Waals surface area contributed by atoms with Gasteiger partial charge in [-0.1, -0.05) is 42.5 Å². The Hall–Kier alpha value is -4.13. The molecule has 170 valence electrons. The van der Waals surface area contributed by atoms with E-state index >= 15 is 0 Å². The van der Waals surface area contributed by atoms with Gasteiger partial charge in [-0.15, -0.1) is 0 Å². The lowest BCUT2D eigenvalue weighted by Crippen LogP contribution is -2.32. The first kappa shape index (κ1) is 23.5. The average Bonchev–Trinajstić information content (AvgIpc) is 2.84. The number of amides is 3. The van der Waals surface area contributed by atoms with E-state index in [1.165, 1.54) is 7.11 Å². The van der Waals surface area contributed by atoms with Gasteiger partial charge >= 0.3 is 0 Å². The van der Waals surface area contributed by atoms with Crippen molar-refractivity contribution in [3.63, 3.8) is 0 Å². The second-order valence-corrected chi connectivity index (χ2v) is 7.44. The number of hydrogen-bond acceptors (Lipinski definition) is 4. The van der Waals surface area contributed by atoms with Crippen molar-refractivity contribution in [2.24, 2.45) is 0 Å². The molecule has 0 spiro atoms. The lowest BCUT2D eigenvalue weighted by Gasteiger charge is -2.16. The van der Waals surface area contributed by atoms with Crippen LogP contribution in [0.2, 0.25) is 0 Å². The van der Waals surface area contributed by atoms with Crippen molar-refractivity contribution in [3.05, 3.63) is 95.6 Å². The van der Waals surface area contributed by atoms with Gasteiger partial charge in [-0.25, -0.2) is 0 Å². The molecule has 1 atom stereocenters. The minimum atomic E-state index is -0.296. The zero-order valence-electron chi connectivity index (χ0n) is 18.6. The van der Waals surface area contributed by atoms with Crippen molar-refractivity contribution >= 4 is 23.4 Å². The van der Waals surface area contributed by atoms with Gasteiger partial charge in [-0.2, -0.15) is 0 Å². The number of rotatable bonds is 9. The van der Waals surface area contributed by atoms with Crippen LogP contribution in [0.25, 0.3) is 0 Å². The van der Waals surface area contributed by atoms with E-state index in [0.717, 1.165) is 5.56 Å². The first-order valence-electron chi connectivity index (χ1n) is 10.6. The number of para-hydroxylation sites is 1. The molecule has 0 bridgehead atoms. The normalized spacial score (nSPS) is 11.2. The predicted molar refractivity (Wildman–Crippen MR) is 127 cm³/mol. The Kier molecular flexibility index (Phi) is 8.18. The monoisotopic (exact) mass is 445 g/mol. The van der Waals surface area contributed by atoms with Gasteiger partial charge in [0.1, 0.15) is 5.75 Å². The highest BCUT2D eigenvalue weighted by Gasteiger charge is 2.14. The second-order valence-electron chi connectivity index (χ2n) is 7.44. The van der Waals surface area contributed by atoms with Gasteiger partial charge in [-0.3, -0.25) is 14.4 Å². The van der Waals surface area contributed by atoms with E-state index in [9.17, 15) is 14.4 Å². The number of benzene rings is 3. The van der Waals surface area contributed by atoms with Gasteiger partial charge in [-0.05, 0) is 48.9 Å². The molecule has 7 nitrogen and oxygen atoms in total. The number of hydrogen-bond donors (Lipinski definition) is 3. The summed E-state index contributed by atoms with van der Waals surface area (Å²) in [5.74, 6) is -0.209. The van der Waals surface area contributed by atoms with E-state index in [0.29, 0.717) is 22.6 Å². The summed E-state index contributed by atoms with van der Waals surface area (Å²) in [6.07, 6.45) is 0.135. The second kappa shape index (κ2) is 11.5. The predicted octanol–water partition coefficient (Wildman–Crippen LogP) is 3.94. The van der Waals surface area contributed by atoms with Crippen LogP contribution in [0, 0.1) is 0 Å². The van der Waals surface area contributed by atoms with Crippen LogP contribution in [0.5, 0.6) is 5.75 Å². The van der Waals surface area contributed by atoms with E-state index in [1.54, 1.807) is 42.5 Å². The number of anilines is 1. The van der Waals surface area contributed by atoms with Crippen molar-refractivity contribution in [2.75, 3.05) is 19.0 Å². The molecule has 3 rings (SSSR count). The standard InChI is InChI=1S/C26H27N3O4/c1-18(20-11-8-12-21(17-20)29-25(31)19-9-4-3-5-10-19)28-24(30)15-16-27-26(32)22-13-6-7-14-23(22)33-2/h3-14,17-18H,15-16H2,1-2H3,(H,27,32)(H,28,30)(H,29,31). The van der Waals surface area contributed by atoms with Crippen LogP contribution in [0.1, 0.15) is 45.7 Å². The molecular weight excluding hydrogens is 418 g/mol. The molecule has 0 aliphatic heterocycles. The maximum Gasteiger partial charge on any atom is 0.255 e. The fourth-order valence-corrected chi connectivity index (χ4v) is 3.29. The molecule has 1 unspecified atom stereocenters. The number of carbonyl (C=O) groups is 3. The van der Waals surface area contributed by atoms with Gasteiger partial charge in [0.15, 0.2) is 0 Å². The zero-order chi connectivity index (χ0) is 23.6. The van der Waals surface area contributed by atoms with Crippen molar-refractivity contribution in [2.45, 2.75) is 19.4 Å². The lowest BCUT2D eigenvalue weighted by molar-refractivity contribution is -0.121. The molecule has 0 heterocycles. The van der Waals surface area contributed by atoms with Crippen LogP contribution in [0.15, 0.2) is 78.9 Å². The van der Waals surface area contributed by atoms with Gasteiger partial charge < -0.3 is 20.7 Å². The smallest absolute Gasteiger partial charge is 0.255 e. The summed E-state index contributed by atoms with van der Waals surface area (Å²) < 4.78 is 5.19. The largest absolute Gasteiger partial charge is 0.496 e. The molecule has 3 N–H and O–H groups in total. The number of methoxy groups -OCH3 is 1. The number of ether oxygens (including phenoxy) is 1. The van der Waals surface area contributed by atoms with Crippen molar-refractivity contribution in [1.82, 2.24) is 10.6 Å². The molecule has 0 saturated heterocycles. The Morgan fingerprint density at radius 3 is 2.36 bits per heavy atom. The highest BCUT2D eigenvalue weighted by atomic mass is 16.5. The Morgan fingerprint density at radius 1 is 0.879 bits per heavy atom. The minimum absolute atomic E-state index is 0.135. The van der Waals surface area contributed by atoms with Crippen LogP contribution in [0.4, 0.5) is 5.69 Å². The molecule has 7 heteroatoms. The molecule has 0 aromatic heterocycles. The van der Waals surface area contributed by atoms with Crippen molar-refractivity contribution in [3.8, 4) is 5.75 Å². The maximum atomic E-state index is 12.4. The van der Waals surface area contributed by atoms with Gasteiger partial charge in [0, 0.05) is 24.2 Å². The first-order chi connectivity index (χ1) is 16.0. The third-order valence-electron chi connectivity index (χ3n) is 5.05. The highest BCUT2D eigenvalue weighted by Crippen LogP contribution is 2.19. The first-order valence-corrected chi connectivity index (χ1v) is 10.6. The quantitative estimate of drug-likeness (QED) is 0.465. The fraction of sp³-hybridized carbons (Fsp3) is 0.192. The number of carbonyl (C=O) groups excluding carboxylic acids is 3. The Morgan fingerprint density at radius 2 is 1.61 bits per heavy atom. The summed E-state index contributed by atoms with van der Waals surface area (Å²) in [7, 11) is 1.50. The van der Waals surface area contributed by atoms with E-state index in [-0.39, 0.29) is 36.7 Å². The lowest BCUT2D eigenvalue weighted by atomic mass is 10.1. The van der Waals surface area contributed by atoms with E-state index in [4.69, 9.17) is 4.74 Å². The molecule has 0 radical (unpaired) electrons. The van der Waals surface area contributed by atoms with Crippen LogP contribution in [-0.4, -0.2) is 31.4 Å². The van der Waals surface area contributed by atoms with Gasteiger partial charge in [0.2, 0.25) is 5.91 Å². The van der Waals surface area contributed by atoms with Gasteiger partial charge in [0.25, 0.3) is 11.8 Å². The zero-order valence-corrected chi connectivity index (χ0v) is 18.6. The minimum Gasteiger partial charge on any atom is -0.496 e. The summed E-state index contributed by atoms with van der Waals surface area (Å²) in [5, 5.41) is 8.52. The summed E-state index contributed by atoms with van der Waals surface area (Å²) in [6.45, 7) is 2.06. The van der Waals surface area contributed by atoms with E-state index in [1.807, 2.05) is 43.3 Å². The topological polar surface area (TPSA) is 96.5 Å². The summed E-state index contributed by atoms with van der Waals surface area (Å²) in [5.41, 5.74) is 2.49. The average molecular weight is 446 g/mol. The fourth-order valence-electron chi connectivity index (χ4n) is 3.29. The molecule has 3 amide bonds. The highest BCUT2D eigenvalue weighted by molar-refractivity contribution is 6.04. The molecule has 3 aromatic rings. The van der Waals surface area contributed by atoms with Crippen molar-refractivity contribution in [1.29, 1.82) is 0 Å². The summed E-state index contributed by atoms with van der Waals surface area (Å²) in [6, 6.07) is 22.9. The molecule has 0 aliphatic rings. The van der Waals surface area contributed by atoms with Crippen molar-refractivity contribution < 1.29 is 19.1 Å². The third-order valence-corrected chi connectivity index (χ3v) is 5.05. The molecule has 3 aromatic carbocycles. The van der Waals surface area contributed by atoms with Gasteiger partial charge in [0.05, 0.1) is 18.7 Å². The molecule has 33 heavy (non-hydrogen) atoms. The molecule has 0 aliphatic carbocycles.